The van der Waals surface area contributed by atoms with Crippen LogP contribution in [-0.4, -0.2) is 24.2 Å². The Morgan fingerprint density at radius 3 is 2.93 bits per heavy atom. The van der Waals surface area contributed by atoms with Crippen LogP contribution in [0.25, 0.3) is 0 Å². The average molecular weight is 194 g/mol. The molecule has 0 spiro atoms. The lowest BCUT2D eigenvalue weighted by Gasteiger charge is -2.24. The predicted molar refractivity (Wildman–Crippen MR) is 57.0 cm³/mol. The highest BCUT2D eigenvalue weighted by molar-refractivity contribution is 5.12. The normalized spacial score (nSPS) is 15.1. The largest absolute Gasteiger partial charge is 0.385 e. The number of ether oxygens (including phenoxy) is 1. The van der Waals surface area contributed by atoms with E-state index >= 15 is 0 Å². The van der Waals surface area contributed by atoms with Gasteiger partial charge in [-0.15, -0.1) is 0 Å². The first-order valence-electron chi connectivity index (χ1n) is 4.81. The van der Waals surface area contributed by atoms with Crippen LogP contribution in [0, 0.1) is 0 Å². The van der Waals surface area contributed by atoms with Crippen molar-refractivity contribution in [3.05, 3.63) is 30.1 Å². The van der Waals surface area contributed by atoms with Gasteiger partial charge in [0.1, 0.15) is 0 Å². The van der Waals surface area contributed by atoms with Crippen molar-refractivity contribution in [2.75, 3.05) is 13.7 Å². The van der Waals surface area contributed by atoms with Gasteiger partial charge in [0.05, 0.1) is 0 Å². The van der Waals surface area contributed by atoms with Crippen molar-refractivity contribution in [3.63, 3.8) is 0 Å². The molecule has 0 aromatic carbocycles. The Morgan fingerprint density at radius 2 is 2.36 bits per heavy atom. The van der Waals surface area contributed by atoms with Gasteiger partial charge in [-0.25, -0.2) is 0 Å². The zero-order valence-electron chi connectivity index (χ0n) is 8.86. The molecule has 0 saturated heterocycles. The summed E-state index contributed by atoms with van der Waals surface area (Å²) in [4.78, 5) is 4.06. The van der Waals surface area contributed by atoms with E-state index in [1.807, 2.05) is 25.3 Å². The first-order chi connectivity index (χ1) is 6.64. The maximum Gasteiger partial charge on any atom is 0.0479 e. The number of rotatable bonds is 5. The second kappa shape index (κ2) is 5.08. The van der Waals surface area contributed by atoms with Gasteiger partial charge in [-0.3, -0.25) is 4.98 Å². The van der Waals surface area contributed by atoms with Crippen molar-refractivity contribution in [1.82, 2.24) is 4.98 Å². The number of hydrogen-bond acceptors (Lipinski definition) is 3. The Hall–Kier alpha value is -0.930. The van der Waals surface area contributed by atoms with Gasteiger partial charge in [0.25, 0.3) is 0 Å². The van der Waals surface area contributed by atoms with Gasteiger partial charge in [-0.1, -0.05) is 6.07 Å². The van der Waals surface area contributed by atoms with Crippen molar-refractivity contribution >= 4 is 0 Å². The van der Waals surface area contributed by atoms with Crippen LogP contribution in [0.15, 0.2) is 24.5 Å². The van der Waals surface area contributed by atoms with Crippen molar-refractivity contribution < 1.29 is 4.74 Å². The fourth-order valence-electron chi connectivity index (χ4n) is 1.39. The van der Waals surface area contributed by atoms with E-state index in [1.165, 1.54) is 5.56 Å². The molecular formula is C11H18N2O. The number of pyridine rings is 1. The summed E-state index contributed by atoms with van der Waals surface area (Å²) in [6, 6.07) is 3.98. The second-order valence-electron chi connectivity index (χ2n) is 3.93. The molecule has 1 unspecified atom stereocenters. The van der Waals surface area contributed by atoms with E-state index in [4.69, 9.17) is 10.5 Å². The minimum atomic E-state index is -0.209. The van der Waals surface area contributed by atoms with E-state index < -0.39 is 0 Å². The summed E-state index contributed by atoms with van der Waals surface area (Å²) in [6.45, 7) is 2.74. The van der Waals surface area contributed by atoms with Gasteiger partial charge in [0, 0.05) is 31.6 Å². The lowest BCUT2D eigenvalue weighted by Crippen LogP contribution is -2.39. The van der Waals surface area contributed by atoms with Crippen LogP contribution < -0.4 is 5.73 Å². The first-order valence-corrected chi connectivity index (χ1v) is 4.81. The highest BCUT2D eigenvalue weighted by Gasteiger charge is 2.18. The summed E-state index contributed by atoms with van der Waals surface area (Å²) >= 11 is 0. The van der Waals surface area contributed by atoms with Gasteiger partial charge in [0.15, 0.2) is 0 Å². The molecule has 0 radical (unpaired) electrons. The van der Waals surface area contributed by atoms with Gasteiger partial charge < -0.3 is 10.5 Å². The fourth-order valence-corrected chi connectivity index (χ4v) is 1.39. The van der Waals surface area contributed by atoms with Crippen molar-refractivity contribution in [1.29, 1.82) is 0 Å². The molecule has 1 atom stereocenters. The number of nitrogens with two attached hydrogens (primary N) is 1. The average Bonchev–Trinajstić information content (AvgIpc) is 2.16. The molecule has 1 rings (SSSR count). The summed E-state index contributed by atoms with van der Waals surface area (Å²) in [5.41, 5.74) is 7.09. The minimum Gasteiger partial charge on any atom is -0.385 e. The zero-order valence-corrected chi connectivity index (χ0v) is 8.86. The van der Waals surface area contributed by atoms with Crippen LogP contribution in [0.1, 0.15) is 18.9 Å². The van der Waals surface area contributed by atoms with Crippen LogP contribution in [0.2, 0.25) is 0 Å². The fraction of sp³-hybridized carbons (Fsp3) is 0.545. The third kappa shape index (κ3) is 3.85. The van der Waals surface area contributed by atoms with Crippen LogP contribution in [0.5, 0.6) is 0 Å². The number of aromatic nitrogens is 1. The molecule has 0 bridgehead atoms. The van der Waals surface area contributed by atoms with Crippen molar-refractivity contribution in [2.24, 2.45) is 5.73 Å². The van der Waals surface area contributed by atoms with Crippen LogP contribution in [0.4, 0.5) is 0 Å². The molecular weight excluding hydrogens is 176 g/mol. The molecule has 14 heavy (non-hydrogen) atoms. The third-order valence-corrected chi connectivity index (χ3v) is 2.21. The Balaban J connectivity index is 2.50. The van der Waals surface area contributed by atoms with Crippen LogP contribution >= 0.6 is 0 Å². The molecule has 0 fully saturated rings. The summed E-state index contributed by atoms with van der Waals surface area (Å²) in [6.07, 6.45) is 5.33. The van der Waals surface area contributed by atoms with Crippen LogP contribution in [-0.2, 0) is 11.2 Å². The Morgan fingerprint density at radius 1 is 1.57 bits per heavy atom. The summed E-state index contributed by atoms with van der Waals surface area (Å²) in [5, 5.41) is 0. The molecule has 78 valence electrons. The van der Waals surface area contributed by atoms with Gasteiger partial charge >= 0.3 is 0 Å². The minimum absolute atomic E-state index is 0.209. The lowest BCUT2D eigenvalue weighted by atomic mass is 9.92. The van der Waals surface area contributed by atoms with E-state index in [-0.39, 0.29) is 5.54 Å². The monoisotopic (exact) mass is 194 g/mol. The third-order valence-electron chi connectivity index (χ3n) is 2.21. The molecule has 3 nitrogen and oxygen atoms in total. The Kier molecular flexibility index (Phi) is 4.04. The highest BCUT2D eigenvalue weighted by Crippen LogP contribution is 2.13. The van der Waals surface area contributed by atoms with Crippen LogP contribution in [0.3, 0.4) is 0 Å². The van der Waals surface area contributed by atoms with Gasteiger partial charge in [0.2, 0.25) is 0 Å². The molecule has 1 aromatic rings. The number of hydrogen-bond donors (Lipinski definition) is 1. The van der Waals surface area contributed by atoms with Gasteiger partial charge in [-0.2, -0.15) is 0 Å². The molecule has 1 heterocycles. The highest BCUT2D eigenvalue weighted by atomic mass is 16.5. The summed E-state index contributed by atoms with van der Waals surface area (Å²) in [5.74, 6) is 0. The maximum absolute atomic E-state index is 6.13. The topological polar surface area (TPSA) is 48.1 Å². The van der Waals surface area contributed by atoms with E-state index in [0.717, 1.165) is 12.8 Å². The maximum atomic E-state index is 6.13. The SMILES string of the molecule is COCCC(C)(N)Cc1cccnc1. The standard InChI is InChI=1S/C11H18N2O/c1-11(12,5-7-14-2)8-10-4-3-6-13-9-10/h3-4,6,9H,5,7-8,12H2,1-2H3. The zero-order chi connectivity index (χ0) is 10.4. The predicted octanol–water partition coefficient (Wildman–Crippen LogP) is 1.38. The summed E-state index contributed by atoms with van der Waals surface area (Å²) in [7, 11) is 1.69. The molecule has 0 aliphatic rings. The summed E-state index contributed by atoms with van der Waals surface area (Å²) < 4.78 is 5.02. The van der Waals surface area contributed by atoms with E-state index in [1.54, 1.807) is 13.3 Å². The first kappa shape index (κ1) is 11.1. The Bertz CT molecular complexity index is 259. The van der Waals surface area contributed by atoms with E-state index in [2.05, 4.69) is 4.98 Å². The van der Waals surface area contributed by atoms with Gasteiger partial charge in [-0.05, 0) is 31.4 Å². The lowest BCUT2D eigenvalue weighted by molar-refractivity contribution is 0.171. The molecule has 0 amide bonds. The number of methoxy groups -OCH3 is 1. The molecule has 0 saturated carbocycles. The van der Waals surface area contributed by atoms with E-state index in [0.29, 0.717) is 6.61 Å². The molecule has 0 aliphatic heterocycles. The second-order valence-corrected chi connectivity index (χ2v) is 3.93. The smallest absolute Gasteiger partial charge is 0.0479 e. The van der Waals surface area contributed by atoms with Crippen molar-refractivity contribution in [2.45, 2.75) is 25.3 Å². The van der Waals surface area contributed by atoms with E-state index in [9.17, 15) is 0 Å². The Labute approximate surface area is 85.3 Å². The molecule has 3 heteroatoms. The number of nitrogens with zero attached hydrogens (tertiary/aromatic N) is 1. The molecule has 1 aromatic heterocycles. The van der Waals surface area contributed by atoms with Crippen molar-refractivity contribution in [3.8, 4) is 0 Å². The quantitative estimate of drug-likeness (QED) is 0.770. The molecule has 0 aliphatic carbocycles. The molecule has 2 N–H and O–H groups in total.